The van der Waals surface area contributed by atoms with Crippen LogP contribution in [0.15, 0.2) is 217 Å². The van der Waals surface area contributed by atoms with Crippen molar-refractivity contribution >= 4 is 49.8 Å². The van der Waals surface area contributed by atoms with Gasteiger partial charge in [-0.1, -0.05) is 170 Å². The highest BCUT2D eigenvalue weighted by Crippen LogP contribution is 2.45. The fraction of sp³-hybridized carbons (Fsp3) is 0. The van der Waals surface area contributed by atoms with Gasteiger partial charge in [0.2, 0.25) is 0 Å². The van der Waals surface area contributed by atoms with Crippen LogP contribution in [-0.2, 0) is 0 Å². The van der Waals surface area contributed by atoms with Crippen LogP contribution in [0, 0.1) is 0 Å². The minimum Gasteiger partial charge on any atom is -0.456 e. The SMILES string of the molecule is c1ccc(-c2ccc(-c3ccc(N(c4cccc(-c5cccc6ccccc56)c4)c4ccccc4-c4cccc5oc6ccccc6c45)cc3)cc2)cc1. The standard InChI is InChI=1S/C52H35NO/c1-2-13-36(14-3-1)37-27-29-38(30-28-37)39-31-33-42(34-32-39)53(43-18-10-17-41(35-43)45-22-11-16-40-15-4-5-19-44(40)45)49-24-8-6-20-46(49)47-23-12-26-51-52(47)48-21-7-9-25-50(48)54-51/h1-35H. The van der Waals surface area contributed by atoms with Crippen molar-refractivity contribution in [2.45, 2.75) is 0 Å². The second kappa shape index (κ2) is 13.4. The van der Waals surface area contributed by atoms with Crippen LogP contribution in [0.1, 0.15) is 0 Å². The minimum absolute atomic E-state index is 0.885. The van der Waals surface area contributed by atoms with E-state index < -0.39 is 0 Å². The van der Waals surface area contributed by atoms with Crippen LogP contribution in [0.25, 0.3) is 77.2 Å². The van der Waals surface area contributed by atoms with E-state index in [-0.39, 0.29) is 0 Å². The van der Waals surface area contributed by atoms with E-state index in [1.807, 2.05) is 12.1 Å². The molecule has 0 saturated carbocycles. The molecule has 1 aromatic heterocycles. The van der Waals surface area contributed by atoms with Crippen molar-refractivity contribution in [2.75, 3.05) is 4.90 Å². The van der Waals surface area contributed by atoms with Gasteiger partial charge in [-0.05, 0) is 92.2 Å². The molecule has 1 heterocycles. The lowest BCUT2D eigenvalue weighted by Crippen LogP contribution is -2.11. The third-order valence-corrected chi connectivity index (χ3v) is 10.5. The van der Waals surface area contributed by atoms with Crippen molar-refractivity contribution in [1.29, 1.82) is 0 Å². The molecule has 2 heteroatoms. The zero-order valence-electron chi connectivity index (χ0n) is 29.6. The highest BCUT2D eigenvalue weighted by Gasteiger charge is 2.21. The van der Waals surface area contributed by atoms with Gasteiger partial charge >= 0.3 is 0 Å². The smallest absolute Gasteiger partial charge is 0.136 e. The van der Waals surface area contributed by atoms with Crippen LogP contribution in [0.4, 0.5) is 17.1 Å². The average Bonchev–Trinajstić information content (AvgIpc) is 3.64. The van der Waals surface area contributed by atoms with Crippen molar-refractivity contribution in [1.82, 2.24) is 0 Å². The van der Waals surface area contributed by atoms with Gasteiger partial charge < -0.3 is 9.32 Å². The largest absolute Gasteiger partial charge is 0.456 e. The van der Waals surface area contributed by atoms with Gasteiger partial charge in [-0.25, -0.2) is 0 Å². The summed E-state index contributed by atoms with van der Waals surface area (Å²) in [6.45, 7) is 0. The number of hydrogen-bond acceptors (Lipinski definition) is 2. The first-order chi connectivity index (χ1) is 26.8. The molecule has 0 aliphatic rings. The van der Waals surface area contributed by atoms with Crippen molar-refractivity contribution in [2.24, 2.45) is 0 Å². The van der Waals surface area contributed by atoms with Crippen LogP contribution < -0.4 is 4.90 Å². The van der Waals surface area contributed by atoms with Crippen molar-refractivity contribution in [3.05, 3.63) is 212 Å². The molecular weight excluding hydrogens is 655 g/mol. The zero-order valence-corrected chi connectivity index (χ0v) is 29.6. The van der Waals surface area contributed by atoms with E-state index in [0.29, 0.717) is 0 Å². The molecule has 0 radical (unpaired) electrons. The average molecular weight is 690 g/mol. The second-order valence-corrected chi connectivity index (χ2v) is 13.7. The quantitative estimate of drug-likeness (QED) is 0.166. The maximum atomic E-state index is 6.36. The molecule has 0 atom stereocenters. The maximum absolute atomic E-state index is 6.36. The first kappa shape index (κ1) is 31.6. The fourth-order valence-electron chi connectivity index (χ4n) is 7.90. The molecule has 2 nitrogen and oxygen atoms in total. The summed E-state index contributed by atoms with van der Waals surface area (Å²) in [7, 11) is 0. The van der Waals surface area contributed by atoms with Crippen LogP contribution in [0.5, 0.6) is 0 Å². The molecule has 0 aliphatic heterocycles. The van der Waals surface area contributed by atoms with E-state index in [2.05, 4.69) is 205 Å². The van der Waals surface area contributed by atoms with E-state index in [0.717, 1.165) is 50.1 Å². The first-order valence-electron chi connectivity index (χ1n) is 18.4. The molecule has 0 amide bonds. The normalized spacial score (nSPS) is 11.3. The molecule has 54 heavy (non-hydrogen) atoms. The Labute approximate surface area is 314 Å². The van der Waals surface area contributed by atoms with Crippen LogP contribution >= 0.6 is 0 Å². The van der Waals surface area contributed by atoms with Gasteiger partial charge in [-0.15, -0.1) is 0 Å². The summed E-state index contributed by atoms with van der Waals surface area (Å²) < 4.78 is 6.36. The van der Waals surface area contributed by atoms with E-state index in [4.69, 9.17) is 4.42 Å². The van der Waals surface area contributed by atoms with E-state index in [1.54, 1.807) is 0 Å². The molecule has 254 valence electrons. The summed E-state index contributed by atoms with van der Waals surface area (Å²) in [5, 5.41) is 4.71. The highest BCUT2D eigenvalue weighted by atomic mass is 16.3. The molecule has 0 bridgehead atoms. The molecule has 0 N–H and O–H groups in total. The van der Waals surface area contributed by atoms with Gasteiger partial charge in [0.15, 0.2) is 0 Å². The van der Waals surface area contributed by atoms with Gasteiger partial charge in [-0.2, -0.15) is 0 Å². The van der Waals surface area contributed by atoms with E-state index in [1.165, 1.54) is 44.2 Å². The van der Waals surface area contributed by atoms with Gasteiger partial charge in [0.05, 0.1) is 5.69 Å². The number of hydrogen-bond donors (Lipinski definition) is 0. The topological polar surface area (TPSA) is 16.4 Å². The zero-order chi connectivity index (χ0) is 35.8. The number of para-hydroxylation sites is 2. The Morgan fingerprint density at radius 2 is 0.852 bits per heavy atom. The number of rotatable bonds is 7. The Balaban J connectivity index is 1.13. The van der Waals surface area contributed by atoms with Crippen molar-refractivity contribution < 1.29 is 4.42 Å². The highest BCUT2D eigenvalue weighted by molar-refractivity contribution is 6.14. The summed E-state index contributed by atoms with van der Waals surface area (Å²) >= 11 is 0. The number of nitrogens with zero attached hydrogens (tertiary/aromatic N) is 1. The van der Waals surface area contributed by atoms with E-state index in [9.17, 15) is 0 Å². The molecule has 0 aliphatic carbocycles. The van der Waals surface area contributed by atoms with Crippen LogP contribution in [-0.4, -0.2) is 0 Å². The lowest BCUT2D eigenvalue weighted by molar-refractivity contribution is 0.669. The third-order valence-electron chi connectivity index (χ3n) is 10.5. The number of benzene rings is 9. The predicted octanol–water partition coefficient (Wildman–Crippen LogP) is 14.9. The number of fused-ring (bicyclic) bond motifs is 4. The second-order valence-electron chi connectivity index (χ2n) is 13.7. The molecular formula is C52H35NO. The monoisotopic (exact) mass is 689 g/mol. The lowest BCUT2D eigenvalue weighted by atomic mass is 9.95. The van der Waals surface area contributed by atoms with Gasteiger partial charge in [0.25, 0.3) is 0 Å². The summed E-state index contributed by atoms with van der Waals surface area (Å²) in [5.74, 6) is 0. The Kier molecular flexibility index (Phi) is 7.85. The van der Waals surface area contributed by atoms with Crippen LogP contribution in [0.2, 0.25) is 0 Å². The first-order valence-corrected chi connectivity index (χ1v) is 18.4. The number of anilines is 3. The summed E-state index contributed by atoms with van der Waals surface area (Å²) in [4.78, 5) is 2.40. The summed E-state index contributed by atoms with van der Waals surface area (Å²) in [6, 6.07) is 75.9. The number of furan rings is 1. The molecule has 0 saturated heterocycles. The Hall–Kier alpha value is -7.16. The van der Waals surface area contributed by atoms with Gasteiger partial charge in [0.1, 0.15) is 11.2 Å². The predicted molar refractivity (Wildman–Crippen MR) is 228 cm³/mol. The Bertz CT molecular complexity index is 2920. The van der Waals surface area contributed by atoms with Crippen molar-refractivity contribution in [3.63, 3.8) is 0 Å². The molecule has 0 fully saturated rings. The maximum Gasteiger partial charge on any atom is 0.136 e. The molecule has 0 unspecified atom stereocenters. The molecule has 10 aromatic rings. The lowest BCUT2D eigenvalue weighted by Gasteiger charge is -2.28. The molecule has 9 aromatic carbocycles. The molecule has 0 spiro atoms. The van der Waals surface area contributed by atoms with Gasteiger partial charge in [0, 0.05) is 27.7 Å². The van der Waals surface area contributed by atoms with Crippen LogP contribution in [0.3, 0.4) is 0 Å². The minimum atomic E-state index is 0.885. The fourth-order valence-corrected chi connectivity index (χ4v) is 7.90. The van der Waals surface area contributed by atoms with E-state index >= 15 is 0 Å². The summed E-state index contributed by atoms with van der Waals surface area (Å²) in [5.41, 5.74) is 14.5. The van der Waals surface area contributed by atoms with Gasteiger partial charge in [-0.3, -0.25) is 0 Å². The summed E-state index contributed by atoms with van der Waals surface area (Å²) in [6.07, 6.45) is 0. The Morgan fingerprint density at radius 1 is 0.315 bits per heavy atom. The molecule has 10 rings (SSSR count). The van der Waals surface area contributed by atoms with Crippen molar-refractivity contribution in [3.8, 4) is 44.5 Å². The third kappa shape index (κ3) is 5.62. The Morgan fingerprint density at radius 3 is 1.67 bits per heavy atom.